The van der Waals surface area contributed by atoms with Crippen LogP contribution < -0.4 is 5.32 Å². The van der Waals surface area contributed by atoms with Crippen molar-refractivity contribution in [3.63, 3.8) is 0 Å². The van der Waals surface area contributed by atoms with E-state index >= 15 is 0 Å². The second kappa shape index (κ2) is 6.83. The maximum absolute atomic E-state index is 6.23. The molecule has 0 saturated carbocycles. The molecule has 0 amide bonds. The summed E-state index contributed by atoms with van der Waals surface area (Å²) in [4.78, 5) is 0. The van der Waals surface area contributed by atoms with Gasteiger partial charge in [0.1, 0.15) is 0 Å². The number of ether oxygens (including phenoxy) is 1. The van der Waals surface area contributed by atoms with Gasteiger partial charge in [-0.2, -0.15) is 0 Å². The Bertz CT molecular complexity index is 266. The van der Waals surface area contributed by atoms with Crippen LogP contribution in [0.5, 0.6) is 0 Å². The second-order valence-corrected chi connectivity index (χ2v) is 4.11. The summed E-state index contributed by atoms with van der Waals surface area (Å²) in [5, 5.41) is 3.30. The first-order valence-corrected chi connectivity index (χ1v) is 5.60. The van der Waals surface area contributed by atoms with Gasteiger partial charge in [0, 0.05) is 20.2 Å². The monoisotopic (exact) mass is 227 g/mol. The maximum Gasteiger partial charge on any atom is 0.0709 e. The molecule has 1 aromatic rings. The third kappa shape index (κ3) is 4.65. The van der Waals surface area contributed by atoms with E-state index in [2.05, 4.69) is 5.32 Å². The fourth-order valence-corrected chi connectivity index (χ4v) is 1.53. The van der Waals surface area contributed by atoms with Crippen molar-refractivity contribution in [3.8, 4) is 0 Å². The van der Waals surface area contributed by atoms with Crippen LogP contribution in [0, 0.1) is 0 Å². The van der Waals surface area contributed by atoms with E-state index < -0.39 is 0 Å². The zero-order valence-corrected chi connectivity index (χ0v) is 10.00. The Labute approximate surface area is 96.6 Å². The lowest BCUT2D eigenvalue weighted by molar-refractivity contribution is 0.117. The lowest BCUT2D eigenvalue weighted by Crippen LogP contribution is -2.28. The smallest absolute Gasteiger partial charge is 0.0709 e. The Hall–Kier alpha value is -0.570. The molecular weight excluding hydrogens is 210 g/mol. The number of benzene rings is 1. The Morgan fingerprint density at radius 2 is 1.93 bits per heavy atom. The van der Waals surface area contributed by atoms with Gasteiger partial charge in [-0.3, -0.25) is 0 Å². The molecule has 1 rings (SSSR count). The zero-order valence-electron chi connectivity index (χ0n) is 9.24. The highest BCUT2D eigenvalue weighted by molar-refractivity contribution is 6.21. The van der Waals surface area contributed by atoms with Crippen LogP contribution in [0.25, 0.3) is 0 Å². The van der Waals surface area contributed by atoms with Crippen LogP contribution in [0.1, 0.15) is 17.9 Å². The Morgan fingerprint density at radius 1 is 1.27 bits per heavy atom. The predicted octanol–water partition coefficient (Wildman–Crippen LogP) is 2.59. The summed E-state index contributed by atoms with van der Waals surface area (Å²) < 4.78 is 5.13. The molecule has 0 aliphatic carbocycles. The largest absolute Gasteiger partial charge is 0.380 e. The Balaban J connectivity index is 2.28. The van der Waals surface area contributed by atoms with Gasteiger partial charge in [-0.15, -0.1) is 11.6 Å². The van der Waals surface area contributed by atoms with E-state index in [-0.39, 0.29) is 11.5 Å². The molecule has 0 spiro atoms. The molecule has 2 unspecified atom stereocenters. The highest BCUT2D eigenvalue weighted by Gasteiger charge is 2.07. The molecule has 0 bridgehead atoms. The standard InChI is InChI=1S/C12H18ClNO/c1-10(15-2)8-14-9-12(13)11-6-4-3-5-7-11/h3-7,10,12,14H,8-9H2,1-2H3. The number of hydrogen-bond donors (Lipinski definition) is 1. The first-order valence-electron chi connectivity index (χ1n) is 5.16. The van der Waals surface area contributed by atoms with Crippen LogP contribution >= 0.6 is 11.6 Å². The molecule has 1 N–H and O–H groups in total. The minimum Gasteiger partial charge on any atom is -0.380 e. The van der Waals surface area contributed by atoms with E-state index in [1.807, 2.05) is 37.3 Å². The number of alkyl halides is 1. The first-order chi connectivity index (χ1) is 7.24. The molecule has 0 aliphatic rings. The third-order valence-electron chi connectivity index (χ3n) is 2.32. The number of hydrogen-bond acceptors (Lipinski definition) is 2. The fourth-order valence-electron chi connectivity index (χ4n) is 1.28. The quantitative estimate of drug-likeness (QED) is 0.755. The van der Waals surface area contributed by atoms with Crippen LogP contribution in [0.15, 0.2) is 30.3 Å². The van der Waals surface area contributed by atoms with Gasteiger partial charge < -0.3 is 10.1 Å². The van der Waals surface area contributed by atoms with Gasteiger partial charge in [0.05, 0.1) is 11.5 Å². The van der Waals surface area contributed by atoms with E-state index in [0.29, 0.717) is 0 Å². The van der Waals surface area contributed by atoms with Crippen LogP contribution in [0.3, 0.4) is 0 Å². The van der Waals surface area contributed by atoms with Gasteiger partial charge in [-0.1, -0.05) is 30.3 Å². The number of methoxy groups -OCH3 is 1. The molecular formula is C12H18ClNO. The van der Waals surface area contributed by atoms with Gasteiger partial charge in [0.15, 0.2) is 0 Å². The Morgan fingerprint density at radius 3 is 2.53 bits per heavy atom. The topological polar surface area (TPSA) is 21.3 Å². The summed E-state index contributed by atoms with van der Waals surface area (Å²) in [5.74, 6) is 0. The minimum absolute atomic E-state index is 0.0234. The van der Waals surface area contributed by atoms with Gasteiger partial charge in [0.2, 0.25) is 0 Å². The van der Waals surface area contributed by atoms with E-state index in [0.717, 1.165) is 18.7 Å². The van der Waals surface area contributed by atoms with E-state index in [4.69, 9.17) is 16.3 Å². The lowest BCUT2D eigenvalue weighted by atomic mass is 10.1. The molecule has 84 valence electrons. The predicted molar refractivity (Wildman–Crippen MR) is 64.4 cm³/mol. The first kappa shape index (κ1) is 12.5. The molecule has 0 saturated heterocycles. The van der Waals surface area contributed by atoms with Crippen molar-refractivity contribution in [2.75, 3.05) is 20.2 Å². The summed E-state index contributed by atoms with van der Waals surface area (Å²) in [7, 11) is 1.71. The van der Waals surface area contributed by atoms with Gasteiger partial charge in [0.25, 0.3) is 0 Å². The number of nitrogens with one attached hydrogen (secondary N) is 1. The van der Waals surface area contributed by atoms with Crippen molar-refractivity contribution >= 4 is 11.6 Å². The lowest BCUT2D eigenvalue weighted by Gasteiger charge is -2.14. The number of halogens is 1. The molecule has 0 heterocycles. The molecule has 0 aliphatic heterocycles. The summed E-state index contributed by atoms with van der Waals surface area (Å²) in [6.45, 7) is 3.62. The third-order valence-corrected chi connectivity index (χ3v) is 2.73. The van der Waals surface area contributed by atoms with Gasteiger partial charge in [-0.25, -0.2) is 0 Å². The summed E-state index contributed by atoms with van der Waals surface area (Å²) >= 11 is 6.23. The van der Waals surface area contributed by atoms with Crippen molar-refractivity contribution in [2.45, 2.75) is 18.4 Å². The van der Waals surface area contributed by atoms with E-state index in [9.17, 15) is 0 Å². The van der Waals surface area contributed by atoms with Crippen molar-refractivity contribution in [2.24, 2.45) is 0 Å². The molecule has 0 aromatic heterocycles. The molecule has 3 heteroatoms. The normalized spacial score (nSPS) is 14.9. The van der Waals surface area contributed by atoms with Gasteiger partial charge >= 0.3 is 0 Å². The minimum atomic E-state index is 0.0234. The van der Waals surface area contributed by atoms with Crippen molar-refractivity contribution in [1.82, 2.24) is 5.32 Å². The average Bonchev–Trinajstić information content (AvgIpc) is 2.29. The molecule has 0 radical (unpaired) electrons. The zero-order chi connectivity index (χ0) is 11.1. The average molecular weight is 228 g/mol. The number of rotatable bonds is 6. The Kier molecular flexibility index (Phi) is 5.69. The van der Waals surface area contributed by atoms with Crippen LogP contribution in [0.2, 0.25) is 0 Å². The SMILES string of the molecule is COC(C)CNCC(Cl)c1ccccc1. The molecule has 2 nitrogen and oxygen atoms in total. The van der Waals surface area contributed by atoms with Crippen LogP contribution in [-0.4, -0.2) is 26.3 Å². The van der Waals surface area contributed by atoms with Crippen molar-refractivity contribution in [3.05, 3.63) is 35.9 Å². The summed E-state index contributed by atoms with van der Waals surface area (Å²) in [6.07, 6.45) is 0.227. The van der Waals surface area contributed by atoms with Crippen LogP contribution in [0.4, 0.5) is 0 Å². The van der Waals surface area contributed by atoms with Gasteiger partial charge in [-0.05, 0) is 12.5 Å². The van der Waals surface area contributed by atoms with E-state index in [1.54, 1.807) is 7.11 Å². The second-order valence-electron chi connectivity index (χ2n) is 3.58. The molecule has 1 aromatic carbocycles. The molecule has 0 fully saturated rings. The van der Waals surface area contributed by atoms with Crippen molar-refractivity contribution in [1.29, 1.82) is 0 Å². The van der Waals surface area contributed by atoms with E-state index in [1.165, 1.54) is 0 Å². The van der Waals surface area contributed by atoms with Crippen LogP contribution in [-0.2, 0) is 4.74 Å². The maximum atomic E-state index is 6.23. The summed E-state index contributed by atoms with van der Waals surface area (Å²) in [5.41, 5.74) is 1.15. The highest BCUT2D eigenvalue weighted by atomic mass is 35.5. The van der Waals surface area contributed by atoms with Crippen molar-refractivity contribution < 1.29 is 4.74 Å². The molecule has 2 atom stereocenters. The summed E-state index contributed by atoms with van der Waals surface area (Å²) in [6, 6.07) is 10.1. The molecule has 15 heavy (non-hydrogen) atoms. The fraction of sp³-hybridized carbons (Fsp3) is 0.500. The highest BCUT2D eigenvalue weighted by Crippen LogP contribution is 2.18.